The monoisotopic (exact) mass is 303 g/mol. The number of thiophene rings is 1. The smallest absolute Gasteiger partial charge is 0.305 e. The molecular formula is C16H17NO3S. The van der Waals surface area contributed by atoms with Gasteiger partial charge in [-0.05, 0) is 23.4 Å². The molecule has 0 aliphatic rings. The summed E-state index contributed by atoms with van der Waals surface area (Å²) in [4.78, 5) is 23.9. The molecule has 1 N–H and O–H groups in total. The molecule has 0 unspecified atom stereocenters. The van der Waals surface area contributed by atoms with E-state index in [0.717, 1.165) is 11.1 Å². The van der Waals surface area contributed by atoms with Crippen LogP contribution in [-0.4, -0.2) is 25.5 Å². The zero-order chi connectivity index (χ0) is 15.1. The number of hydrogen-bond acceptors (Lipinski definition) is 4. The summed E-state index contributed by atoms with van der Waals surface area (Å²) >= 11 is 1.42. The van der Waals surface area contributed by atoms with Gasteiger partial charge in [0.25, 0.3) is 5.91 Å². The first-order chi connectivity index (χ1) is 10.2. The quantitative estimate of drug-likeness (QED) is 0.659. The van der Waals surface area contributed by atoms with E-state index in [4.69, 9.17) is 0 Å². The number of carbonyl (C=O) groups excluding carboxylic acids is 2. The van der Waals surface area contributed by atoms with Crippen LogP contribution >= 0.6 is 11.3 Å². The molecule has 0 radical (unpaired) electrons. The van der Waals surface area contributed by atoms with Gasteiger partial charge < -0.3 is 10.1 Å². The minimum atomic E-state index is -0.259. The van der Waals surface area contributed by atoms with E-state index in [0.29, 0.717) is 24.3 Å². The Balaban J connectivity index is 1.95. The maximum atomic E-state index is 12.2. The van der Waals surface area contributed by atoms with Crippen LogP contribution < -0.4 is 5.32 Å². The molecule has 110 valence electrons. The van der Waals surface area contributed by atoms with Gasteiger partial charge >= 0.3 is 5.97 Å². The van der Waals surface area contributed by atoms with Crippen LogP contribution in [0.15, 0.2) is 41.8 Å². The van der Waals surface area contributed by atoms with E-state index in [9.17, 15) is 9.59 Å². The van der Waals surface area contributed by atoms with E-state index in [1.807, 2.05) is 41.8 Å². The lowest BCUT2D eigenvalue weighted by atomic mass is 10.1. The van der Waals surface area contributed by atoms with Crippen molar-refractivity contribution in [2.45, 2.75) is 12.8 Å². The number of benzene rings is 1. The van der Waals surface area contributed by atoms with Gasteiger partial charge in [-0.15, -0.1) is 11.3 Å². The van der Waals surface area contributed by atoms with Crippen LogP contribution in [-0.2, 0) is 9.53 Å². The highest BCUT2D eigenvalue weighted by Crippen LogP contribution is 2.27. The summed E-state index contributed by atoms with van der Waals surface area (Å²) in [6.07, 6.45) is 0.886. The topological polar surface area (TPSA) is 55.4 Å². The van der Waals surface area contributed by atoms with Crippen molar-refractivity contribution in [1.82, 2.24) is 5.32 Å². The van der Waals surface area contributed by atoms with Gasteiger partial charge in [0, 0.05) is 18.5 Å². The molecule has 0 saturated heterocycles. The normalized spacial score (nSPS) is 10.1. The highest BCUT2D eigenvalue weighted by molar-refractivity contribution is 7.12. The number of hydrogen-bond donors (Lipinski definition) is 1. The number of methoxy groups -OCH3 is 1. The van der Waals surface area contributed by atoms with Crippen LogP contribution in [0.5, 0.6) is 0 Å². The molecule has 0 aliphatic heterocycles. The minimum Gasteiger partial charge on any atom is -0.469 e. The van der Waals surface area contributed by atoms with Gasteiger partial charge in [-0.3, -0.25) is 9.59 Å². The molecule has 0 saturated carbocycles. The van der Waals surface area contributed by atoms with Crippen molar-refractivity contribution in [3.8, 4) is 11.1 Å². The lowest BCUT2D eigenvalue weighted by molar-refractivity contribution is -0.140. The van der Waals surface area contributed by atoms with E-state index < -0.39 is 0 Å². The predicted octanol–water partition coefficient (Wildman–Crippen LogP) is 3.10. The first-order valence-electron chi connectivity index (χ1n) is 6.70. The molecule has 0 bridgehead atoms. The van der Waals surface area contributed by atoms with Gasteiger partial charge in [-0.25, -0.2) is 0 Å². The second-order valence-corrected chi connectivity index (χ2v) is 5.38. The number of ether oxygens (including phenoxy) is 1. The Morgan fingerprint density at radius 3 is 2.67 bits per heavy atom. The molecule has 1 amide bonds. The van der Waals surface area contributed by atoms with Crippen molar-refractivity contribution in [1.29, 1.82) is 0 Å². The fourth-order valence-electron chi connectivity index (χ4n) is 1.95. The number of amides is 1. The van der Waals surface area contributed by atoms with Crippen molar-refractivity contribution in [2.75, 3.05) is 13.7 Å². The second-order valence-electron chi connectivity index (χ2n) is 4.47. The Kier molecular flexibility index (Phi) is 5.51. The number of rotatable bonds is 6. The van der Waals surface area contributed by atoms with Crippen LogP contribution in [0.1, 0.15) is 22.5 Å². The third kappa shape index (κ3) is 4.16. The zero-order valence-electron chi connectivity index (χ0n) is 11.8. The van der Waals surface area contributed by atoms with E-state index in [1.165, 1.54) is 18.4 Å². The van der Waals surface area contributed by atoms with Crippen LogP contribution in [0.3, 0.4) is 0 Å². The number of carbonyl (C=O) groups is 2. The fourth-order valence-corrected chi connectivity index (χ4v) is 2.78. The largest absolute Gasteiger partial charge is 0.469 e. The maximum Gasteiger partial charge on any atom is 0.305 e. The van der Waals surface area contributed by atoms with Crippen LogP contribution in [0.25, 0.3) is 11.1 Å². The van der Waals surface area contributed by atoms with Gasteiger partial charge in [0.05, 0.1) is 12.0 Å². The molecule has 1 aromatic carbocycles. The third-order valence-corrected chi connectivity index (χ3v) is 3.94. The van der Waals surface area contributed by atoms with Crippen LogP contribution in [0.2, 0.25) is 0 Å². The van der Waals surface area contributed by atoms with Crippen LogP contribution in [0, 0.1) is 0 Å². The van der Waals surface area contributed by atoms with Crippen molar-refractivity contribution in [3.63, 3.8) is 0 Å². The number of nitrogens with one attached hydrogen (secondary N) is 1. The molecule has 5 heteroatoms. The molecule has 0 aliphatic carbocycles. The zero-order valence-corrected chi connectivity index (χ0v) is 12.6. The molecule has 0 atom stereocenters. The number of esters is 1. The molecule has 1 aromatic heterocycles. The van der Waals surface area contributed by atoms with Gasteiger partial charge in [0.15, 0.2) is 0 Å². The summed E-state index contributed by atoms with van der Waals surface area (Å²) in [5.74, 6) is -0.362. The lowest BCUT2D eigenvalue weighted by Crippen LogP contribution is -2.24. The average molecular weight is 303 g/mol. The van der Waals surface area contributed by atoms with Crippen LogP contribution in [0.4, 0.5) is 0 Å². The Labute approximate surface area is 127 Å². The first kappa shape index (κ1) is 15.3. The summed E-state index contributed by atoms with van der Waals surface area (Å²) in [7, 11) is 1.36. The molecule has 0 fully saturated rings. The molecule has 21 heavy (non-hydrogen) atoms. The molecular weight excluding hydrogens is 286 g/mol. The highest BCUT2D eigenvalue weighted by atomic mass is 32.1. The summed E-state index contributed by atoms with van der Waals surface area (Å²) in [5.41, 5.74) is 1.96. The first-order valence-corrected chi connectivity index (χ1v) is 7.58. The Morgan fingerprint density at radius 2 is 1.95 bits per heavy atom. The standard InChI is InChI=1S/C16H17NO3S/c1-20-14(18)8-5-10-17-16(19)15-13(9-11-21-15)12-6-3-2-4-7-12/h2-4,6-7,9,11H,5,8,10H2,1H3,(H,17,19). The van der Waals surface area contributed by atoms with Crippen molar-refractivity contribution in [2.24, 2.45) is 0 Å². The van der Waals surface area contributed by atoms with Gasteiger partial charge in [0.2, 0.25) is 0 Å². The van der Waals surface area contributed by atoms with Crippen molar-refractivity contribution >= 4 is 23.2 Å². The SMILES string of the molecule is COC(=O)CCCNC(=O)c1sccc1-c1ccccc1. The molecule has 4 nitrogen and oxygen atoms in total. The third-order valence-electron chi connectivity index (χ3n) is 3.03. The van der Waals surface area contributed by atoms with Gasteiger partial charge in [-0.1, -0.05) is 30.3 Å². The van der Waals surface area contributed by atoms with E-state index in [1.54, 1.807) is 0 Å². The Morgan fingerprint density at radius 1 is 1.19 bits per heavy atom. The molecule has 0 spiro atoms. The van der Waals surface area contributed by atoms with Crippen molar-refractivity contribution < 1.29 is 14.3 Å². The summed E-state index contributed by atoms with van der Waals surface area (Å²) in [5, 5.41) is 4.75. The predicted molar refractivity (Wildman–Crippen MR) is 83.3 cm³/mol. The Hall–Kier alpha value is -2.14. The van der Waals surface area contributed by atoms with Gasteiger partial charge in [-0.2, -0.15) is 0 Å². The lowest BCUT2D eigenvalue weighted by Gasteiger charge is -2.06. The van der Waals surface area contributed by atoms with E-state index in [2.05, 4.69) is 10.1 Å². The molecule has 1 heterocycles. The second kappa shape index (κ2) is 7.59. The van der Waals surface area contributed by atoms with E-state index >= 15 is 0 Å². The Bertz CT molecular complexity index is 607. The minimum absolute atomic E-state index is 0.103. The average Bonchev–Trinajstić information content (AvgIpc) is 3.01. The fraction of sp³-hybridized carbons (Fsp3) is 0.250. The summed E-state index contributed by atoms with van der Waals surface area (Å²) in [6.45, 7) is 0.458. The van der Waals surface area contributed by atoms with Gasteiger partial charge in [0.1, 0.15) is 0 Å². The molecule has 2 aromatic rings. The summed E-state index contributed by atoms with van der Waals surface area (Å²) in [6, 6.07) is 11.8. The maximum absolute atomic E-state index is 12.2. The molecule has 2 rings (SSSR count). The van der Waals surface area contributed by atoms with Crippen molar-refractivity contribution in [3.05, 3.63) is 46.7 Å². The summed E-state index contributed by atoms with van der Waals surface area (Å²) < 4.78 is 4.56. The van der Waals surface area contributed by atoms with E-state index in [-0.39, 0.29) is 11.9 Å². The highest BCUT2D eigenvalue weighted by Gasteiger charge is 2.14.